The molecular formula is C76H114O9P2. The van der Waals surface area contributed by atoms with Gasteiger partial charge in [0, 0.05) is 27.8 Å². The molecule has 482 valence electrons. The topological polar surface area (TPSA) is 83.1 Å². The van der Waals surface area contributed by atoms with Gasteiger partial charge in [0.15, 0.2) is 0 Å². The van der Waals surface area contributed by atoms with E-state index in [9.17, 15) is 0 Å². The van der Waals surface area contributed by atoms with Gasteiger partial charge in [0.05, 0.1) is 31.8 Å². The lowest BCUT2D eigenvalue weighted by molar-refractivity contribution is -0.142. The van der Waals surface area contributed by atoms with Gasteiger partial charge in [-0.15, -0.1) is 0 Å². The molecule has 0 aliphatic carbocycles. The quantitative estimate of drug-likeness (QED) is 0.100. The SMILES string of the molecule is CC(C)(C)c1ccc(OC(Oc2ccc(C(C)(C)C)cc2C(C)(C)C)Oc2ccc(C(C)(C)C)cc2C(C)(C)C)c(C(C)(C)C)c1.CC(C)(C)c1ccc(OP2OCC3(CO2)COP(Oc2ccc(C(C)(C)C)cc2C(C)(C)C)OC3)c(C(C)(C)C)c1. The van der Waals surface area contributed by atoms with Gasteiger partial charge in [0.2, 0.25) is 0 Å². The van der Waals surface area contributed by atoms with E-state index in [2.05, 4.69) is 299 Å². The lowest BCUT2D eigenvalue weighted by Gasteiger charge is -2.41. The molecule has 0 N–H and O–H groups in total. The number of rotatable bonds is 10. The molecule has 0 radical (unpaired) electrons. The van der Waals surface area contributed by atoms with Crippen molar-refractivity contribution in [2.75, 3.05) is 26.4 Å². The molecule has 11 heteroatoms. The molecule has 0 atom stereocenters. The van der Waals surface area contributed by atoms with E-state index in [1.807, 2.05) is 0 Å². The first-order valence-corrected chi connectivity index (χ1v) is 33.8. The van der Waals surface area contributed by atoms with Crippen molar-refractivity contribution in [3.05, 3.63) is 147 Å². The van der Waals surface area contributed by atoms with Crippen LogP contribution in [0.5, 0.6) is 28.7 Å². The fraction of sp³-hybridized carbons (Fsp3) is 0.605. The van der Waals surface area contributed by atoms with Crippen molar-refractivity contribution in [2.45, 2.75) is 268 Å². The maximum Gasteiger partial charge on any atom is 0.406 e. The van der Waals surface area contributed by atoms with E-state index in [-0.39, 0.29) is 59.6 Å². The Labute approximate surface area is 531 Å². The molecule has 2 fully saturated rings. The Morgan fingerprint density at radius 1 is 0.276 bits per heavy atom. The Hall–Kier alpha value is -4.20. The van der Waals surface area contributed by atoms with Crippen molar-refractivity contribution in [3.8, 4) is 28.7 Å². The first-order chi connectivity index (χ1) is 39.3. The number of hydrogen-bond donors (Lipinski definition) is 0. The summed E-state index contributed by atoms with van der Waals surface area (Å²) in [4.78, 5) is 0. The molecule has 2 saturated heterocycles. The molecule has 2 heterocycles. The average molecular weight is 1230 g/mol. The van der Waals surface area contributed by atoms with Crippen LogP contribution in [0.4, 0.5) is 0 Å². The molecule has 87 heavy (non-hydrogen) atoms. The fourth-order valence-electron chi connectivity index (χ4n) is 10.1. The third kappa shape index (κ3) is 19.2. The minimum Gasteiger partial charge on any atom is -0.426 e. The van der Waals surface area contributed by atoms with E-state index >= 15 is 0 Å². The van der Waals surface area contributed by atoms with Crippen LogP contribution in [0, 0.1) is 5.41 Å². The summed E-state index contributed by atoms with van der Waals surface area (Å²) in [5.74, 6) is 3.91. The summed E-state index contributed by atoms with van der Waals surface area (Å²) in [6, 6.07) is 32.5. The van der Waals surface area contributed by atoms with E-state index in [0.29, 0.717) is 26.4 Å². The summed E-state index contributed by atoms with van der Waals surface area (Å²) in [6.07, 6.45) is 0. The molecule has 2 aliphatic heterocycles. The molecule has 2 aliphatic rings. The zero-order valence-electron chi connectivity index (χ0n) is 59.6. The molecule has 7 rings (SSSR count). The average Bonchev–Trinajstić information content (AvgIpc) is 2.02. The Balaban J connectivity index is 0.000000280. The number of ether oxygens (including phenoxy) is 3. The predicted octanol–water partition coefficient (Wildman–Crippen LogP) is 22.2. The minimum absolute atomic E-state index is 0.0117. The van der Waals surface area contributed by atoms with Crippen LogP contribution in [-0.4, -0.2) is 32.9 Å². The highest BCUT2D eigenvalue weighted by molar-refractivity contribution is 7.42. The molecule has 0 saturated carbocycles. The van der Waals surface area contributed by atoms with Crippen molar-refractivity contribution < 1.29 is 41.4 Å². The van der Waals surface area contributed by atoms with Gasteiger partial charge in [-0.05, 0) is 112 Å². The Morgan fingerprint density at radius 2 is 0.460 bits per heavy atom. The third-order valence-electron chi connectivity index (χ3n) is 16.2. The number of hydrogen-bond acceptors (Lipinski definition) is 9. The van der Waals surface area contributed by atoms with Crippen molar-refractivity contribution in [1.29, 1.82) is 0 Å². The third-order valence-corrected chi connectivity index (χ3v) is 18.2. The number of benzene rings is 5. The van der Waals surface area contributed by atoms with Crippen LogP contribution < -0.4 is 23.3 Å². The maximum atomic E-state index is 6.83. The molecule has 0 amide bonds. The lowest BCUT2D eigenvalue weighted by atomic mass is 9.80. The second kappa shape index (κ2) is 25.8. The van der Waals surface area contributed by atoms with Crippen LogP contribution in [0.15, 0.2) is 91.0 Å². The first-order valence-electron chi connectivity index (χ1n) is 31.6. The maximum absolute atomic E-state index is 6.83. The van der Waals surface area contributed by atoms with Crippen LogP contribution >= 0.6 is 17.2 Å². The van der Waals surface area contributed by atoms with Crippen LogP contribution in [0.1, 0.15) is 263 Å². The molecule has 0 unspecified atom stereocenters. The molecule has 0 aromatic heterocycles. The predicted molar refractivity (Wildman–Crippen MR) is 366 cm³/mol. The van der Waals surface area contributed by atoms with Gasteiger partial charge in [0.1, 0.15) is 28.7 Å². The summed E-state index contributed by atoms with van der Waals surface area (Å²) < 4.78 is 57.6. The molecular weight excluding hydrogens is 1120 g/mol. The van der Waals surface area contributed by atoms with Crippen LogP contribution in [0.25, 0.3) is 0 Å². The smallest absolute Gasteiger partial charge is 0.406 e. The molecule has 0 bridgehead atoms. The van der Waals surface area contributed by atoms with E-state index in [1.165, 1.54) is 27.8 Å². The molecule has 9 nitrogen and oxygen atoms in total. The van der Waals surface area contributed by atoms with Gasteiger partial charge in [-0.25, -0.2) is 0 Å². The highest BCUT2D eigenvalue weighted by atomic mass is 31.2. The summed E-state index contributed by atoms with van der Waals surface area (Å²) in [5, 5.41) is 0. The normalized spacial score (nSPS) is 18.7. The van der Waals surface area contributed by atoms with E-state index in [4.69, 9.17) is 41.4 Å². The molecule has 5 aromatic carbocycles. The van der Waals surface area contributed by atoms with Gasteiger partial charge in [-0.3, -0.25) is 0 Å². The van der Waals surface area contributed by atoms with Crippen molar-refractivity contribution in [1.82, 2.24) is 0 Å². The highest BCUT2D eigenvalue weighted by Gasteiger charge is 2.46. The first kappa shape index (κ1) is 71.9. The van der Waals surface area contributed by atoms with Crippen LogP contribution in [-0.2, 0) is 72.2 Å². The largest absolute Gasteiger partial charge is 0.426 e. The summed E-state index contributed by atoms with van der Waals surface area (Å²) in [5.41, 5.74) is 11.2. The van der Waals surface area contributed by atoms with E-state index in [1.54, 1.807) is 0 Å². The zero-order valence-corrected chi connectivity index (χ0v) is 61.4. The fourth-order valence-corrected chi connectivity index (χ4v) is 12.6. The van der Waals surface area contributed by atoms with Gasteiger partial charge < -0.3 is 41.4 Å². The van der Waals surface area contributed by atoms with Crippen molar-refractivity contribution >= 4 is 17.2 Å². The summed E-state index contributed by atoms with van der Waals surface area (Å²) in [7, 11) is -3.04. The second-order valence-corrected chi connectivity index (χ2v) is 37.2. The van der Waals surface area contributed by atoms with Crippen LogP contribution in [0.3, 0.4) is 0 Å². The molecule has 5 aromatic rings. The highest BCUT2D eigenvalue weighted by Crippen LogP contribution is 2.55. The van der Waals surface area contributed by atoms with Gasteiger partial charge in [-0.1, -0.05) is 268 Å². The standard InChI is InChI=1S/C43H64O3.C33H50O6P2/c1-38(2,3)28-19-22-34(31(25-28)41(10,11)12)44-37(45-35-23-20-29(39(4,5)6)26-32(35)42(13,14)15)46-36-24-21-30(40(7,8)9)27-33(36)43(16,17)18;1-29(2,3)23-13-15-27(25(17-23)31(7,8)9)38-40-34-19-33(20-35-40)21-36-41(37-22-33)39-28-16-14-24(30(4,5)6)18-26(28)32(10,11)12/h19-27,37H,1-18H3;13-18H,19-22H2,1-12H3. The van der Waals surface area contributed by atoms with Crippen LogP contribution in [0.2, 0.25) is 0 Å². The van der Waals surface area contributed by atoms with E-state index in [0.717, 1.165) is 56.6 Å². The monoisotopic (exact) mass is 1230 g/mol. The Bertz CT molecular complexity index is 2840. The van der Waals surface area contributed by atoms with Gasteiger partial charge in [0.25, 0.3) is 0 Å². The van der Waals surface area contributed by atoms with E-state index < -0.39 is 23.7 Å². The van der Waals surface area contributed by atoms with Gasteiger partial charge >= 0.3 is 23.7 Å². The van der Waals surface area contributed by atoms with Crippen molar-refractivity contribution in [2.24, 2.45) is 5.41 Å². The van der Waals surface area contributed by atoms with Crippen molar-refractivity contribution in [3.63, 3.8) is 0 Å². The second-order valence-electron chi connectivity index (χ2n) is 34.9. The lowest BCUT2D eigenvalue weighted by Crippen LogP contribution is -2.45. The summed E-state index contributed by atoms with van der Waals surface area (Å²) in [6.45, 7) is 67.6. The van der Waals surface area contributed by atoms with Gasteiger partial charge in [-0.2, -0.15) is 0 Å². The minimum atomic E-state index is -1.52. The molecule has 1 spiro atoms. The Kier molecular flexibility index (Phi) is 21.3. The summed E-state index contributed by atoms with van der Waals surface area (Å²) >= 11 is 0. The zero-order chi connectivity index (χ0) is 65.7. The Morgan fingerprint density at radius 3 is 0.644 bits per heavy atom.